The minimum Gasteiger partial charge on any atom is -0.487 e. The van der Waals surface area contributed by atoms with Crippen molar-refractivity contribution in [3.05, 3.63) is 92.0 Å². The van der Waals surface area contributed by atoms with Gasteiger partial charge in [0, 0.05) is 31.2 Å². The SMILES string of the molecule is C=CC(=O)OCOc1ccc(OC(=O)C2CCC(C(=O)Oc3ccc(OC(O)C4CCC(C(=O)Oc5ccc(OCOC(=O)C=C)cc5)CC4)c(OCCOCCOCCOC)c3)CC2)cc1. The highest BCUT2D eigenvalue weighted by Gasteiger charge is 2.34. The van der Waals surface area contributed by atoms with Crippen LogP contribution < -0.4 is 33.2 Å². The van der Waals surface area contributed by atoms with Crippen molar-refractivity contribution >= 4 is 29.8 Å². The number of ether oxygens (including phenoxy) is 12. The number of benzene rings is 3. The molecule has 0 heterocycles. The van der Waals surface area contributed by atoms with Gasteiger partial charge in [-0.05, 0) is 112 Å². The maximum Gasteiger partial charge on any atom is 0.333 e. The molecule has 3 aromatic rings. The summed E-state index contributed by atoms with van der Waals surface area (Å²) in [6.45, 7) is 8.02. The summed E-state index contributed by atoms with van der Waals surface area (Å²) in [4.78, 5) is 61.7. The molecule has 2 fully saturated rings. The lowest BCUT2D eigenvalue weighted by molar-refractivity contribution is -0.145. The molecule has 5 rings (SSSR count). The van der Waals surface area contributed by atoms with E-state index in [0.717, 1.165) is 12.2 Å². The Labute approximate surface area is 388 Å². The number of aliphatic hydroxyl groups is 1. The molecule has 362 valence electrons. The molecule has 0 radical (unpaired) electrons. The number of esters is 5. The largest absolute Gasteiger partial charge is 0.487 e. The summed E-state index contributed by atoms with van der Waals surface area (Å²) < 4.78 is 65.3. The van der Waals surface area contributed by atoms with Crippen LogP contribution >= 0.6 is 0 Å². The van der Waals surface area contributed by atoms with Crippen molar-refractivity contribution < 1.29 is 85.9 Å². The van der Waals surface area contributed by atoms with Crippen molar-refractivity contribution in [2.45, 2.75) is 57.7 Å². The zero-order valence-electron chi connectivity index (χ0n) is 37.5. The minimum atomic E-state index is -1.23. The van der Waals surface area contributed by atoms with Crippen LogP contribution in [0.5, 0.6) is 40.2 Å². The highest BCUT2D eigenvalue weighted by molar-refractivity contribution is 5.81. The third-order valence-electron chi connectivity index (χ3n) is 10.8. The Morgan fingerprint density at radius 1 is 0.537 bits per heavy atom. The van der Waals surface area contributed by atoms with Crippen LogP contribution in [0.3, 0.4) is 0 Å². The molecular formula is C49H58O18. The maximum absolute atomic E-state index is 13.4. The summed E-state index contributed by atoms with van der Waals surface area (Å²) in [7, 11) is 1.59. The summed E-state index contributed by atoms with van der Waals surface area (Å²) >= 11 is 0. The number of rotatable bonds is 27. The molecule has 0 spiro atoms. The van der Waals surface area contributed by atoms with E-state index in [-0.39, 0.29) is 61.9 Å². The number of carbonyl (C=O) groups is 5. The zero-order valence-corrected chi connectivity index (χ0v) is 37.5. The Kier molecular flexibility index (Phi) is 21.4. The maximum atomic E-state index is 13.4. The van der Waals surface area contributed by atoms with Gasteiger partial charge in [-0.1, -0.05) is 13.2 Å². The third kappa shape index (κ3) is 17.7. The molecule has 1 N–H and O–H groups in total. The van der Waals surface area contributed by atoms with Gasteiger partial charge in [-0.2, -0.15) is 0 Å². The van der Waals surface area contributed by atoms with Gasteiger partial charge >= 0.3 is 29.8 Å². The van der Waals surface area contributed by atoms with Crippen LogP contribution in [0.2, 0.25) is 0 Å². The fraction of sp³-hybridized carbons (Fsp3) is 0.449. The van der Waals surface area contributed by atoms with E-state index < -0.39 is 42.0 Å². The smallest absolute Gasteiger partial charge is 0.333 e. The molecule has 1 atom stereocenters. The Morgan fingerprint density at radius 3 is 1.40 bits per heavy atom. The average molecular weight is 935 g/mol. The predicted molar refractivity (Wildman–Crippen MR) is 236 cm³/mol. The lowest BCUT2D eigenvalue weighted by atomic mass is 9.81. The first-order chi connectivity index (χ1) is 32.5. The Hall–Kier alpha value is -6.47. The first kappa shape index (κ1) is 51.5. The number of hydrogen-bond acceptors (Lipinski definition) is 18. The van der Waals surface area contributed by atoms with Crippen LogP contribution in [0.1, 0.15) is 51.4 Å². The molecule has 1 unspecified atom stereocenters. The Bertz CT molecular complexity index is 2050. The number of aliphatic hydroxyl groups excluding tert-OH is 1. The molecule has 18 nitrogen and oxygen atoms in total. The summed E-state index contributed by atoms with van der Waals surface area (Å²) in [6, 6.07) is 17.2. The summed E-state index contributed by atoms with van der Waals surface area (Å²) in [5, 5.41) is 11.2. The molecule has 0 bridgehead atoms. The second kappa shape index (κ2) is 27.9. The van der Waals surface area contributed by atoms with E-state index >= 15 is 0 Å². The van der Waals surface area contributed by atoms with Gasteiger partial charge in [0.25, 0.3) is 0 Å². The minimum absolute atomic E-state index is 0.112. The normalized spacial score (nSPS) is 18.2. The molecule has 0 saturated heterocycles. The molecule has 2 aliphatic carbocycles. The first-order valence-corrected chi connectivity index (χ1v) is 22.0. The lowest BCUT2D eigenvalue weighted by Crippen LogP contribution is -2.33. The van der Waals surface area contributed by atoms with Crippen LogP contribution in [0.4, 0.5) is 0 Å². The highest BCUT2D eigenvalue weighted by Crippen LogP contribution is 2.38. The second-order valence-corrected chi connectivity index (χ2v) is 15.4. The van der Waals surface area contributed by atoms with Crippen molar-refractivity contribution in [2.75, 3.05) is 60.3 Å². The fourth-order valence-corrected chi connectivity index (χ4v) is 7.10. The molecule has 2 aliphatic rings. The average Bonchev–Trinajstić information content (AvgIpc) is 3.35. The number of carbonyl (C=O) groups excluding carboxylic acids is 5. The molecule has 0 aromatic heterocycles. The van der Waals surface area contributed by atoms with E-state index in [1.54, 1.807) is 67.8 Å². The molecule has 18 heteroatoms. The molecule has 0 amide bonds. The van der Waals surface area contributed by atoms with E-state index in [2.05, 4.69) is 13.2 Å². The van der Waals surface area contributed by atoms with Gasteiger partial charge in [0.05, 0.1) is 50.8 Å². The van der Waals surface area contributed by atoms with Crippen LogP contribution in [0.25, 0.3) is 0 Å². The van der Waals surface area contributed by atoms with Crippen LogP contribution in [-0.2, 0) is 47.7 Å². The fourth-order valence-electron chi connectivity index (χ4n) is 7.10. The predicted octanol–water partition coefficient (Wildman–Crippen LogP) is 6.30. The van der Waals surface area contributed by atoms with E-state index in [1.165, 1.54) is 6.07 Å². The molecule has 3 aromatic carbocycles. The summed E-state index contributed by atoms with van der Waals surface area (Å²) in [6.07, 6.45) is 4.43. The molecule has 2 saturated carbocycles. The lowest BCUT2D eigenvalue weighted by Gasteiger charge is -2.30. The Balaban J connectivity index is 1.09. The van der Waals surface area contributed by atoms with Crippen molar-refractivity contribution in [1.82, 2.24) is 0 Å². The van der Waals surface area contributed by atoms with E-state index in [0.29, 0.717) is 101 Å². The molecular weight excluding hydrogens is 877 g/mol. The standard InChI is InChI=1S/C49H58O18/c1-4-44(50)62-31-60-37-14-18-39(19-15-37)64-46(52)33-6-8-35(9-7-33)48(54)66-41-22-23-42(43(30-41)59-29-28-58-27-26-57-25-24-56-3)67-49(55)36-12-10-34(11-13-36)47(53)65-40-20-16-38(17-21-40)61-32-63-45(51)5-2/h4-5,14-23,30,33-36,49,55H,1-2,6-13,24-29,31-32H2,3H3. The van der Waals surface area contributed by atoms with Gasteiger partial charge in [-0.3, -0.25) is 14.4 Å². The second-order valence-electron chi connectivity index (χ2n) is 15.4. The van der Waals surface area contributed by atoms with Crippen molar-refractivity contribution in [2.24, 2.45) is 23.7 Å². The number of methoxy groups -OCH3 is 1. The Morgan fingerprint density at radius 2 is 0.940 bits per heavy atom. The quantitative estimate of drug-likeness (QED) is 0.0292. The summed E-state index contributed by atoms with van der Waals surface area (Å²) in [5.74, 6) is -1.87. The molecule has 67 heavy (non-hydrogen) atoms. The van der Waals surface area contributed by atoms with E-state index in [9.17, 15) is 29.1 Å². The first-order valence-electron chi connectivity index (χ1n) is 22.0. The van der Waals surface area contributed by atoms with Gasteiger partial charge in [0.2, 0.25) is 13.6 Å². The van der Waals surface area contributed by atoms with Gasteiger partial charge in [0.1, 0.15) is 35.4 Å². The zero-order chi connectivity index (χ0) is 47.8. The van der Waals surface area contributed by atoms with Gasteiger partial charge in [-0.15, -0.1) is 0 Å². The van der Waals surface area contributed by atoms with Crippen LogP contribution in [-0.4, -0.2) is 102 Å². The molecule has 0 aliphatic heterocycles. The monoisotopic (exact) mass is 934 g/mol. The van der Waals surface area contributed by atoms with Gasteiger partial charge in [-0.25, -0.2) is 9.59 Å². The van der Waals surface area contributed by atoms with E-state index in [1.807, 2.05) is 0 Å². The van der Waals surface area contributed by atoms with Gasteiger partial charge < -0.3 is 61.9 Å². The van der Waals surface area contributed by atoms with Crippen molar-refractivity contribution in [1.29, 1.82) is 0 Å². The van der Waals surface area contributed by atoms with E-state index in [4.69, 9.17) is 56.8 Å². The number of hydrogen-bond donors (Lipinski definition) is 1. The van der Waals surface area contributed by atoms with Crippen LogP contribution in [0.15, 0.2) is 92.0 Å². The van der Waals surface area contributed by atoms with Gasteiger partial charge in [0.15, 0.2) is 17.8 Å². The third-order valence-corrected chi connectivity index (χ3v) is 10.8. The van der Waals surface area contributed by atoms with Crippen molar-refractivity contribution in [3.8, 4) is 40.2 Å². The topological polar surface area (TPSA) is 216 Å². The highest BCUT2D eigenvalue weighted by atomic mass is 16.7. The van der Waals surface area contributed by atoms with Crippen LogP contribution in [0, 0.1) is 23.7 Å². The summed E-state index contributed by atoms with van der Waals surface area (Å²) in [5.41, 5.74) is 0. The van der Waals surface area contributed by atoms with Crippen molar-refractivity contribution in [3.63, 3.8) is 0 Å².